The Bertz CT molecular complexity index is 785. The van der Waals surface area contributed by atoms with E-state index in [-0.39, 0.29) is 18.1 Å². The Balaban J connectivity index is 2.00. The van der Waals surface area contributed by atoms with Crippen LogP contribution in [0.15, 0.2) is 24.3 Å². The fraction of sp³-hybridized carbons (Fsp3) is 0.571. The van der Waals surface area contributed by atoms with Crippen LogP contribution in [-0.2, 0) is 20.5 Å². The zero-order valence-electron chi connectivity index (χ0n) is 17.4. The van der Waals surface area contributed by atoms with Gasteiger partial charge in [0.1, 0.15) is 0 Å². The van der Waals surface area contributed by atoms with E-state index < -0.39 is 36.2 Å². The van der Waals surface area contributed by atoms with E-state index >= 15 is 0 Å². The van der Waals surface area contributed by atoms with Gasteiger partial charge in [-0.3, -0.25) is 9.59 Å². The number of carbonyl (C=O) groups is 3. The molecule has 0 aromatic heterocycles. The average Bonchev–Trinajstić information content (AvgIpc) is 3.05. The second-order valence-electron chi connectivity index (χ2n) is 7.32. The van der Waals surface area contributed by atoms with E-state index in [0.29, 0.717) is 39.0 Å². The summed E-state index contributed by atoms with van der Waals surface area (Å²) in [7, 11) is 0. The van der Waals surface area contributed by atoms with Gasteiger partial charge in [0.25, 0.3) is 0 Å². The first-order valence-corrected chi connectivity index (χ1v) is 10.2. The SMILES string of the molecule is CCOC(=O)CCCCCN1CCN(C(CC(=O)O)c2cccc(C(F)(F)F)c2)C1=O. The summed E-state index contributed by atoms with van der Waals surface area (Å²) in [6.45, 7) is 3.10. The van der Waals surface area contributed by atoms with Gasteiger partial charge in [0, 0.05) is 26.1 Å². The summed E-state index contributed by atoms with van der Waals surface area (Å²) < 4.78 is 44.1. The highest BCUT2D eigenvalue weighted by molar-refractivity contribution is 5.78. The van der Waals surface area contributed by atoms with Crippen LogP contribution < -0.4 is 0 Å². The molecule has 1 fully saturated rings. The van der Waals surface area contributed by atoms with Crippen molar-refractivity contribution in [3.8, 4) is 0 Å². The monoisotopic (exact) mass is 444 g/mol. The van der Waals surface area contributed by atoms with Crippen molar-refractivity contribution in [1.82, 2.24) is 9.80 Å². The van der Waals surface area contributed by atoms with E-state index in [1.54, 1.807) is 11.8 Å². The molecule has 0 saturated carbocycles. The third-order valence-electron chi connectivity index (χ3n) is 5.08. The molecule has 172 valence electrons. The molecule has 2 rings (SSSR count). The number of rotatable bonds is 11. The highest BCUT2D eigenvalue weighted by Gasteiger charge is 2.37. The van der Waals surface area contributed by atoms with Crippen molar-refractivity contribution in [3.63, 3.8) is 0 Å². The van der Waals surface area contributed by atoms with Gasteiger partial charge >= 0.3 is 24.1 Å². The maximum atomic E-state index is 13.1. The fourth-order valence-corrected chi connectivity index (χ4v) is 3.58. The molecule has 1 aliphatic heterocycles. The molecule has 1 aliphatic rings. The lowest BCUT2D eigenvalue weighted by Gasteiger charge is -2.28. The molecule has 1 heterocycles. The van der Waals surface area contributed by atoms with Gasteiger partial charge in [0.05, 0.1) is 24.6 Å². The number of hydrogen-bond acceptors (Lipinski definition) is 4. The van der Waals surface area contributed by atoms with E-state index in [4.69, 9.17) is 4.74 Å². The number of esters is 1. The van der Waals surface area contributed by atoms with Gasteiger partial charge in [-0.05, 0) is 37.5 Å². The Kier molecular flexibility index (Phi) is 8.70. The smallest absolute Gasteiger partial charge is 0.416 e. The highest BCUT2D eigenvalue weighted by atomic mass is 19.4. The van der Waals surface area contributed by atoms with Crippen LogP contribution in [0.2, 0.25) is 0 Å². The Hall–Kier alpha value is -2.78. The molecule has 7 nitrogen and oxygen atoms in total. The lowest BCUT2D eigenvalue weighted by Crippen LogP contribution is -2.36. The fourth-order valence-electron chi connectivity index (χ4n) is 3.58. The topological polar surface area (TPSA) is 87.2 Å². The van der Waals surface area contributed by atoms with Crippen molar-refractivity contribution in [3.05, 3.63) is 35.4 Å². The molecule has 1 aromatic rings. The summed E-state index contributed by atoms with van der Waals surface area (Å²) in [6, 6.07) is 3.06. The lowest BCUT2D eigenvalue weighted by atomic mass is 10.00. The molecule has 2 amide bonds. The Morgan fingerprint density at radius 2 is 1.94 bits per heavy atom. The van der Waals surface area contributed by atoms with Crippen LogP contribution in [0.1, 0.15) is 56.2 Å². The number of halogens is 3. The molecule has 0 bridgehead atoms. The van der Waals surface area contributed by atoms with E-state index in [9.17, 15) is 32.7 Å². The molecule has 31 heavy (non-hydrogen) atoms. The third-order valence-corrected chi connectivity index (χ3v) is 5.08. The first-order chi connectivity index (χ1) is 14.6. The van der Waals surface area contributed by atoms with E-state index in [0.717, 1.165) is 18.6 Å². The number of benzene rings is 1. The van der Waals surface area contributed by atoms with Crippen molar-refractivity contribution < 1.29 is 37.4 Å². The first-order valence-electron chi connectivity index (χ1n) is 10.2. The van der Waals surface area contributed by atoms with Gasteiger partial charge in [-0.25, -0.2) is 4.79 Å². The minimum Gasteiger partial charge on any atom is -0.481 e. The number of carboxylic acids is 1. The third kappa shape index (κ3) is 7.15. The number of carboxylic acid groups (broad SMARTS) is 1. The summed E-state index contributed by atoms with van der Waals surface area (Å²) in [5.41, 5.74) is -0.743. The summed E-state index contributed by atoms with van der Waals surface area (Å²) in [4.78, 5) is 38.4. The molecular formula is C21H27F3N2O5. The normalized spacial score (nSPS) is 15.3. The number of unbranched alkanes of at least 4 members (excludes halogenated alkanes) is 2. The van der Waals surface area contributed by atoms with Gasteiger partial charge in [0.15, 0.2) is 0 Å². The Morgan fingerprint density at radius 1 is 1.19 bits per heavy atom. The Labute approximate surface area is 178 Å². The molecule has 10 heteroatoms. The van der Waals surface area contributed by atoms with Crippen LogP contribution in [0.25, 0.3) is 0 Å². The van der Waals surface area contributed by atoms with Crippen LogP contribution in [0, 0.1) is 0 Å². The number of urea groups is 1. The van der Waals surface area contributed by atoms with Crippen molar-refractivity contribution in [2.45, 2.75) is 51.2 Å². The second-order valence-corrected chi connectivity index (χ2v) is 7.32. The Morgan fingerprint density at radius 3 is 2.58 bits per heavy atom. The van der Waals surface area contributed by atoms with E-state index in [2.05, 4.69) is 0 Å². The van der Waals surface area contributed by atoms with Crippen molar-refractivity contribution >= 4 is 18.0 Å². The number of alkyl halides is 3. The van der Waals surface area contributed by atoms with Crippen molar-refractivity contribution in [2.24, 2.45) is 0 Å². The van der Waals surface area contributed by atoms with Gasteiger partial charge in [-0.1, -0.05) is 18.6 Å². The number of amides is 2. The highest BCUT2D eigenvalue weighted by Crippen LogP contribution is 2.34. The first kappa shape index (κ1) is 24.5. The van der Waals surface area contributed by atoms with Crippen LogP contribution in [0.5, 0.6) is 0 Å². The predicted octanol–water partition coefficient (Wildman–Crippen LogP) is 4.08. The average molecular weight is 444 g/mol. The van der Waals surface area contributed by atoms with Gasteiger partial charge in [0.2, 0.25) is 0 Å². The maximum Gasteiger partial charge on any atom is 0.416 e. The molecule has 0 aliphatic carbocycles. The van der Waals surface area contributed by atoms with Crippen molar-refractivity contribution in [1.29, 1.82) is 0 Å². The molecule has 0 radical (unpaired) electrons. The summed E-state index contributed by atoms with van der Waals surface area (Å²) in [5, 5.41) is 9.26. The molecule has 1 atom stereocenters. The van der Waals surface area contributed by atoms with Gasteiger partial charge < -0.3 is 19.6 Å². The quantitative estimate of drug-likeness (QED) is 0.411. The molecule has 1 unspecified atom stereocenters. The van der Waals surface area contributed by atoms with Gasteiger partial charge in [-0.2, -0.15) is 13.2 Å². The molecule has 1 aromatic carbocycles. The standard InChI is InChI=1S/C21H27F3N2O5/c1-2-31-19(29)9-4-3-5-10-25-11-12-26(20(25)30)17(14-18(27)28)15-7-6-8-16(13-15)21(22,23)24/h6-8,13,17H,2-5,9-12,14H2,1H3,(H,27,28). The predicted molar refractivity (Wildman–Crippen MR) is 105 cm³/mol. The summed E-state index contributed by atoms with van der Waals surface area (Å²) in [6.07, 6.45) is -2.73. The number of nitrogens with zero attached hydrogens (tertiary/aromatic N) is 2. The largest absolute Gasteiger partial charge is 0.481 e. The van der Waals surface area contributed by atoms with Crippen LogP contribution in [0.4, 0.5) is 18.0 Å². The zero-order valence-corrected chi connectivity index (χ0v) is 17.4. The minimum atomic E-state index is -4.56. The minimum absolute atomic E-state index is 0.141. The number of ether oxygens (including phenoxy) is 1. The zero-order chi connectivity index (χ0) is 23.0. The van der Waals surface area contributed by atoms with E-state index in [1.807, 2.05) is 0 Å². The molecule has 1 saturated heterocycles. The molecule has 1 N–H and O–H groups in total. The maximum absolute atomic E-state index is 13.1. The van der Waals surface area contributed by atoms with Gasteiger partial charge in [-0.15, -0.1) is 0 Å². The van der Waals surface area contributed by atoms with E-state index in [1.165, 1.54) is 17.0 Å². The van der Waals surface area contributed by atoms with Crippen LogP contribution in [0.3, 0.4) is 0 Å². The van der Waals surface area contributed by atoms with Crippen LogP contribution >= 0.6 is 0 Å². The van der Waals surface area contributed by atoms with Crippen molar-refractivity contribution in [2.75, 3.05) is 26.2 Å². The number of carbonyl (C=O) groups excluding carboxylic acids is 2. The molecular weight excluding hydrogens is 417 g/mol. The second kappa shape index (κ2) is 11.0. The lowest BCUT2D eigenvalue weighted by molar-refractivity contribution is -0.143. The summed E-state index contributed by atoms with van der Waals surface area (Å²) in [5.74, 6) is -1.46. The summed E-state index contributed by atoms with van der Waals surface area (Å²) >= 11 is 0. The van der Waals surface area contributed by atoms with Crippen LogP contribution in [-0.4, -0.2) is 59.1 Å². The number of aliphatic carboxylic acids is 1. The number of hydrogen-bond donors (Lipinski definition) is 1. The molecule has 0 spiro atoms.